The molecule has 0 amide bonds. The fourth-order valence-electron chi connectivity index (χ4n) is 7.54. The maximum Gasteiger partial charge on any atom is 0.136 e. The third-order valence-electron chi connectivity index (χ3n) is 9.40. The lowest BCUT2D eigenvalue weighted by molar-refractivity contribution is 0.767. The molecule has 4 nitrogen and oxygen atoms in total. The first-order chi connectivity index (χ1) is 23.0. The fraction of sp³-hybridized carbons (Fsp3) is 0.116. The maximum absolute atomic E-state index is 4.86. The molecular formula is C43H34N4. The Bertz CT molecular complexity index is 2180. The van der Waals surface area contributed by atoms with Crippen molar-refractivity contribution >= 4 is 0 Å². The number of fused-ring (bicyclic) bond motifs is 3. The molecule has 0 spiro atoms. The summed E-state index contributed by atoms with van der Waals surface area (Å²) in [7, 11) is 0. The summed E-state index contributed by atoms with van der Waals surface area (Å²) < 4.78 is 0. The smallest absolute Gasteiger partial charge is 0.136 e. The van der Waals surface area contributed by atoms with E-state index in [2.05, 4.69) is 139 Å². The van der Waals surface area contributed by atoms with E-state index in [-0.39, 0.29) is 0 Å². The first-order valence-electron chi connectivity index (χ1n) is 16.1. The molecule has 0 N–H and O–H groups in total. The van der Waals surface area contributed by atoms with E-state index in [0.29, 0.717) is 6.42 Å². The van der Waals surface area contributed by atoms with Crippen LogP contribution in [0.1, 0.15) is 50.9 Å². The van der Waals surface area contributed by atoms with E-state index in [4.69, 9.17) is 15.0 Å². The summed E-state index contributed by atoms with van der Waals surface area (Å²) in [6.07, 6.45) is 2.61. The monoisotopic (exact) mass is 606 g/mol. The Balaban J connectivity index is 1.47. The van der Waals surface area contributed by atoms with Crippen LogP contribution in [0.5, 0.6) is 0 Å². The van der Waals surface area contributed by atoms with Gasteiger partial charge in [-0.2, -0.15) is 0 Å². The van der Waals surface area contributed by atoms with E-state index >= 15 is 0 Å². The van der Waals surface area contributed by atoms with E-state index < -0.39 is 5.41 Å². The number of hydrogen-bond donors (Lipinski definition) is 0. The minimum atomic E-state index is -0.521. The van der Waals surface area contributed by atoms with Gasteiger partial charge in [0, 0.05) is 18.2 Å². The van der Waals surface area contributed by atoms with Crippen LogP contribution < -0.4 is 0 Å². The molecule has 47 heavy (non-hydrogen) atoms. The number of hydrogen-bond acceptors (Lipinski definition) is 4. The summed E-state index contributed by atoms with van der Waals surface area (Å²) in [4.78, 5) is 18.9. The van der Waals surface area contributed by atoms with E-state index in [0.717, 1.165) is 34.3 Å². The quantitative estimate of drug-likeness (QED) is 0.189. The third-order valence-corrected chi connectivity index (χ3v) is 9.40. The van der Waals surface area contributed by atoms with E-state index in [1.54, 1.807) is 0 Å². The molecule has 0 fully saturated rings. The molecule has 0 saturated carbocycles. The first kappa shape index (κ1) is 28.7. The molecule has 8 rings (SSSR count). The van der Waals surface area contributed by atoms with E-state index in [1.165, 1.54) is 50.1 Å². The highest BCUT2D eigenvalue weighted by Crippen LogP contribution is 2.59. The summed E-state index contributed by atoms with van der Waals surface area (Å²) >= 11 is 0. The topological polar surface area (TPSA) is 51.6 Å². The largest absolute Gasteiger partial charge is 0.256 e. The number of benzene rings is 5. The van der Waals surface area contributed by atoms with Crippen molar-refractivity contribution in [1.29, 1.82) is 0 Å². The lowest BCUT2D eigenvalue weighted by Gasteiger charge is -2.34. The van der Waals surface area contributed by atoms with Crippen molar-refractivity contribution in [3.05, 3.63) is 191 Å². The Morgan fingerprint density at radius 2 is 1.11 bits per heavy atom. The third kappa shape index (κ3) is 4.76. The maximum atomic E-state index is 4.86. The summed E-state index contributed by atoms with van der Waals surface area (Å²) in [5.74, 6) is 2.26. The SMILES string of the molecule is Cc1nc(C)nc(Cc2cccc3c2-c2c(-c4cc(-c5ccccc5)ncc4C)cccc2C3(c2ccccc2)c2ccccc2)n1. The van der Waals surface area contributed by atoms with Gasteiger partial charge in [-0.1, -0.05) is 127 Å². The molecule has 7 aromatic rings. The average Bonchev–Trinajstić information content (AvgIpc) is 3.41. The lowest BCUT2D eigenvalue weighted by Crippen LogP contribution is -2.28. The van der Waals surface area contributed by atoms with Gasteiger partial charge < -0.3 is 0 Å². The van der Waals surface area contributed by atoms with Crippen LogP contribution >= 0.6 is 0 Å². The van der Waals surface area contributed by atoms with Gasteiger partial charge in [0.1, 0.15) is 17.5 Å². The highest BCUT2D eigenvalue weighted by molar-refractivity contribution is 5.97. The summed E-state index contributed by atoms with van der Waals surface area (Å²) in [5.41, 5.74) is 13.8. The van der Waals surface area contributed by atoms with Crippen molar-refractivity contribution in [2.24, 2.45) is 0 Å². The van der Waals surface area contributed by atoms with Crippen molar-refractivity contribution in [3.8, 4) is 33.5 Å². The van der Waals surface area contributed by atoms with Crippen LogP contribution in [0.15, 0.2) is 140 Å². The average molecular weight is 607 g/mol. The molecule has 0 bridgehead atoms. The second kappa shape index (κ2) is 11.6. The van der Waals surface area contributed by atoms with Gasteiger partial charge in [0.15, 0.2) is 0 Å². The Hall–Kier alpha value is -5.74. The van der Waals surface area contributed by atoms with E-state index in [1.807, 2.05) is 26.1 Å². The summed E-state index contributed by atoms with van der Waals surface area (Å²) in [5, 5.41) is 0. The van der Waals surface area contributed by atoms with Gasteiger partial charge >= 0.3 is 0 Å². The highest BCUT2D eigenvalue weighted by atomic mass is 15.0. The Labute approximate surface area is 275 Å². The van der Waals surface area contributed by atoms with Gasteiger partial charge in [-0.3, -0.25) is 4.98 Å². The predicted octanol–water partition coefficient (Wildman–Crippen LogP) is 9.48. The van der Waals surface area contributed by atoms with Gasteiger partial charge in [-0.15, -0.1) is 0 Å². The minimum Gasteiger partial charge on any atom is -0.256 e. The standard InChI is InChI=1S/C43H34N4/c1-28-27-44-39(31-15-7-4-8-16-31)26-36(28)35-22-14-24-38-42(35)41-32(25-40-46-29(2)45-30(3)47-40)17-13-23-37(41)43(38,33-18-9-5-10-19-33)34-20-11-6-12-21-34/h4-24,26-27H,25H2,1-3H3. The molecule has 0 aliphatic heterocycles. The molecule has 1 aliphatic rings. The van der Waals surface area contributed by atoms with Gasteiger partial charge in [0.05, 0.1) is 11.1 Å². The van der Waals surface area contributed by atoms with Crippen LogP contribution in [-0.4, -0.2) is 19.9 Å². The van der Waals surface area contributed by atoms with Gasteiger partial charge in [0.25, 0.3) is 0 Å². The normalized spacial score (nSPS) is 12.8. The number of nitrogens with zero attached hydrogens (tertiary/aromatic N) is 4. The molecule has 2 aromatic heterocycles. The van der Waals surface area contributed by atoms with Crippen LogP contribution in [0.3, 0.4) is 0 Å². The number of pyridine rings is 1. The fourth-order valence-corrected chi connectivity index (χ4v) is 7.54. The van der Waals surface area contributed by atoms with Crippen molar-refractivity contribution in [3.63, 3.8) is 0 Å². The molecule has 4 heteroatoms. The Morgan fingerprint density at radius 1 is 0.532 bits per heavy atom. The number of aromatic nitrogens is 4. The predicted molar refractivity (Wildman–Crippen MR) is 189 cm³/mol. The van der Waals surface area contributed by atoms with E-state index in [9.17, 15) is 0 Å². The molecular weight excluding hydrogens is 573 g/mol. The zero-order chi connectivity index (χ0) is 32.0. The van der Waals surface area contributed by atoms with Crippen molar-refractivity contribution in [2.45, 2.75) is 32.6 Å². The molecule has 2 heterocycles. The van der Waals surface area contributed by atoms with Gasteiger partial charge in [0.2, 0.25) is 0 Å². The second-order valence-electron chi connectivity index (χ2n) is 12.3. The van der Waals surface area contributed by atoms with Crippen molar-refractivity contribution in [1.82, 2.24) is 19.9 Å². The zero-order valence-corrected chi connectivity index (χ0v) is 26.8. The second-order valence-corrected chi connectivity index (χ2v) is 12.3. The number of aryl methyl sites for hydroxylation is 3. The zero-order valence-electron chi connectivity index (χ0n) is 26.8. The van der Waals surface area contributed by atoms with Crippen LogP contribution in [0.4, 0.5) is 0 Å². The number of rotatable bonds is 6. The minimum absolute atomic E-state index is 0.521. The molecule has 226 valence electrons. The van der Waals surface area contributed by atoms with Crippen LogP contribution in [-0.2, 0) is 11.8 Å². The van der Waals surface area contributed by atoms with Crippen LogP contribution in [0, 0.1) is 20.8 Å². The summed E-state index contributed by atoms with van der Waals surface area (Å²) in [6.45, 7) is 6.04. The molecule has 0 saturated heterocycles. The lowest BCUT2D eigenvalue weighted by atomic mass is 9.67. The highest BCUT2D eigenvalue weighted by Gasteiger charge is 2.47. The van der Waals surface area contributed by atoms with Crippen molar-refractivity contribution in [2.75, 3.05) is 0 Å². The first-order valence-corrected chi connectivity index (χ1v) is 16.1. The van der Waals surface area contributed by atoms with Gasteiger partial charge in [-0.25, -0.2) is 15.0 Å². The molecule has 0 atom stereocenters. The Kier molecular flexibility index (Phi) is 7.06. The molecule has 0 unspecified atom stereocenters. The molecule has 0 radical (unpaired) electrons. The Morgan fingerprint density at radius 3 is 1.74 bits per heavy atom. The summed E-state index contributed by atoms with van der Waals surface area (Å²) in [6, 6.07) is 48.2. The molecule has 5 aromatic carbocycles. The van der Waals surface area contributed by atoms with Crippen LogP contribution in [0.2, 0.25) is 0 Å². The van der Waals surface area contributed by atoms with Crippen LogP contribution in [0.25, 0.3) is 33.5 Å². The van der Waals surface area contributed by atoms with Gasteiger partial charge in [-0.05, 0) is 82.5 Å². The van der Waals surface area contributed by atoms with Crippen molar-refractivity contribution < 1.29 is 0 Å². The molecule has 1 aliphatic carbocycles.